The van der Waals surface area contributed by atoms with Crippen LogP contribution in [0.2, 0.25) is 5.02 Å². The van der Waals surface area contributed by atoms with Gasteiger partial charge in [-0.25, -0.2) is 14.8 Å². The molecule has 3 rings (SSSR count). The van der Waals surface area contributed by atoms with Crippen molar-refractivity contribution >= 4 is 29.3 Å². The molecular formula is C20H22ClF3N4O3. The van der Waals surface area contributed by atoms with Crippen molar-refractivity contribution in [2.75, 3.05) is 25.1 Å². The normalized spacial score (nSPS) is 17.4. The molecule has 1 fully saturated rings. The average molecular weight is 459 g/mol. The van der Waals surface area contributed by atoms with E-state index in [4.69, 9.17) is 21.1 Å². The van der Waals surface area contributed by atoms with E-state index in [1.54, 1.807) is 43.9 Å². The van der Waals surface area contributed by atoms with E-state index in [-0.39, 0.29) is 17.6 Å². The van der Waals surface area contributed by atoms with Gasteiger partial charge in [0.15, 0.2) is 0 Å². The third kappa shape index (κ3) is 5.76. The van der Waals surface area contributed by atoms with E-state index in [0.29, 0.717) is 36.8 Å². The minimum atomic E-state index is -4.54. The highest BCUT2D eigenvalue weighted by Gasteiger charge is 2.34. The van der Waals surface area contributed by atoms with E-state index in [2.05, 4.69) is 15.3 Å². The van der Waals surface area contributed by atoms with Gasteiger partial charge >= 0.3 is 12.3 Å². The summed E-state index contributed by atoms with van der Waals surface area (Å²) in [5.41, 5.74) is -0.674. The lowest BCUT2D eigenvalue weighted by Gasteiger charge is -2.37. The van der Waals surface area contributed by atoms with Gasteiger partial charge in [-0.05, 0) is 26.8 Å². The highest BCUT2D eigenvalue weighted by Crippen LogP contribution is 2.37. The lowest BCUT2D eigenvalue weighted by Crippen LogP contribution is -2.45. The maximum Gasteiger partial charge on any atom is 0.419 e. The molecule has 1 atom stereocenters. The molecule has 0 bridgehead atoms. The van der Waals surface area contributed by atoms with Crippen LogP contribution >= 0.6 is 11.6 Å². The second kappa shape index (κ2) is 8.88. The number of ether oxygens (including phenoxy) is 2. The Kier molecular flexibility index (Phi) is 6.61. The molecule has 2 aromatic rings. The molecule has 0 spiro atoms. The SMILES string of the molecule is CC(C)(C)OC(=O)N1CCOC[C@H]1c1cccc(Cl)c1Nc1ncc(C(F)(F)F)cn1. The summed E-state index contributed by atoms with van der Waals surface area (Å²) in [4.78, 5) is 21.8. The first-order valence-electron chi connectivity index (χ1n) is 9.48. The summed E-state index contributed by atoms with van der Waals surface area (Å²) < 4.78 is 49.4. The lowest BCUT2D eigenvalue weighted by atomic mass is 10.0. The Morgan fingerprint density at radius 3 is 2.55 bits per heavy atom. The lowest BCUT2D eigenvalue weighted by molar-refractivity contribution is -0.138. The molecule has 1 saturated heterocycles. The molecule has 0 unspecified atom stereocenters. The number of hydrogen-bond acceptors (Lipinski definition) is 6. The number of morpholine rings is 1. The van der Waals surface area contributed by atoms with Gasteiger partial charge in [0.1, 0.15) is 5.60 Å². The monoisotopic (exact) mass is 458 g/mol. The van der Waals surface area contributed by atoms with E-state index < -0.39 is 29.5 Å². The van der Waals surface area contributed by atoms with Crippen molar-refractivity contribution in [3.8, 4) is 0 Å². The van der Waals surface area contributed by atoms with Gasteiger partial charge in [0.05, 0.1) is 35.5 Å². The van der Waals surface area contributed by atoms with Crippen LogP contribution in [0.5, 0.6) is 0 Å². The Hall–Kier alpha value is -2.59. The maximum atomic E-state index is 12.8. The summed E-state index contributed by atoms with van der Waals surface area (Å²) >= 11 is 6.36. The predicted octanol–water partition coefficient (Wildman–Crippen LogP) is 5.20. The fourth-order valence-corrected chi connectivity index (χ4v) is 3.23. The molecule has 2 heterocycles. The van der Waals surface area contributed by atoms with Gasteiger partial charge in [-0.2, -0.15) is 13.2 Å². The fraction of sp³-hybridized carbons (Fsp3) is 0.450. The Bertz CT molecular complexity index is 933. The van der Waals surface area contributed by atoms with Crippen LogP contribution in [-0.2, 0) is 15.7 Å². The molecule has 168 valence electrons. The quantitative estimate of drug-likeness (QED) is 0.681. The molecule has 1 N–H and O–H groups in total. The van der Waals surface area contributed by atoms with Crippen LogP contribution < -0.4 is 5.32 Å². The van der Waals surface area contributed by atoms with Gasteiger partial charge in [0.25, 0.3) is 0 Å². The third-order valence-electron chi connectivity index (χ3n) is 4.38. The number of aromatic nitrogens is 2. The molecule has 1 aromatic carbocycles. The van der Waals surface area contributed by atoms with Crippen molar-refractivity contribution in [1.29, 1.82) is 0 Å². The van der Waals surface area contributed by atoms with E-state index >= 15 is 0 Å². The van der Waals surface area contributed by atoms with Crippen molar-refractivity contribution in [1.82, 2.24) is 14.9 Å². The van der Waals surface area contributed by atoms with Crippen molar-refractivity contribution in [2.24, 2.45) is 0 Å². The molecule has 7 nitrogen and oxygen atoms in total. The van der Waals surface area contributed by atoms with Crippen LogP contribution in [0, 0.1) is 0 Å². The minimum absolute atomic E-state index is 0.0668. The number of anilines is 2. The first-order chi connectivity index (χ1) is 14.5. The summed E-state index contributed by atoms with van der Waals surface area (Å²) in [7, 11) is 0. The third-order valence-corrected chi connectivity index (χ3v) is 4.69. The molecule has 0 saturated carbocycles. The van der Waals surface area contributed by atoms with Gasteiger partial charge in [0, 0.05) is 24.5 Å². The summed E-state index contributed by atoms with van der Waals surface area (Å²) in [6.45, 7) is 6.17. The number of halogens is 4. The molecule has 11 heteroatoms. The summed E-state index contributed by atoms with van der Waals surface area (Å²) in [5.74, 6) is -0.0668. The molecular weight excluding hydrogens is 437 g/mol. The number of nitrogens with one attached hydrogen (secondary N) is 1. The highest BCUT2D eigenvalue weighted by molar-refractivity contribution is 6.33. The van der Waals surface area contributed by atoms with Crippen molar-refractivity contribution in [3.63, 3.8) is 0 Å². The van der Waals surface area contributed by atoms with E-state index in [1.807, 2.05) is 0 Å². The number of amides is 1. The minimum Gasteiger partial charge on any atom is -0.444 e. The van der Waals surface area contributed by atoms with Crippen LogP contribution in [0.3, 0.4) is 0 Å². The Labute approximate surface area is 182 Å². The summed E-state index contributed by atoms with van der Waals surface area (Å²) in [6.07, 6.45) is -3.68. The fourth-order valence-electron chi connectivity index (χ4n) is 3.00. The van der Waals surface area contributed by atoms with Crippen molar-refractivity contribution in [3.05, 3.63) is 46.7 Å². The zero-order chi connectivity index (χ0) is 22.8. The number of rotatable bonds is 3. The van der Waals surface area contributed by atoms with Crippen LogP contribution in [0.15, 0.2) is 30.6 Å². The Morgan fingerprint density at radius 1 is 1.26 bits per heavy atom. The Morgan fingerprint density at radius 2 is 1.94 bits per heavy atom. The zero-order valence-corrected chi connectivity index (χ0v) is 17.9. The van der Waals surface area contributed by atoms with Gasteiger partial charge in [-0.3, -0.25) is 4.90 Å². The molecule has 1 aromatic heterocycles. The van der Waals surface area contributed by atoms with E-state index in [9.17, 15) is 18.0 Å². The summed E-state index contributed by atoms with van der Waals surface area (Å²) in [5, 5.41) is 3.16. The number of nitrogens with zero attached hydrogens (tertiary/aromatic N) is 3. The zero-order valence-electron chi connectivity index (χ0n) is 17.2. The van der Waals surface area contributed by atoms with Crippen LogP contribution in [-0.4, -0.2) is 46.3 Å². The molecule has 1 amide bonds. The molecule has 1 aliphatic rings. The highest BCUT2D eigenvalue weighted by atomic mass is 35.5. The predicted molar refractivity (Wildman–Crippen MR) is 108 cm³/mol. The maximum absolute atomic E-state index is 12.8. The second-order valence-corrected chi connectivity index (χ2v) is 8.29. The van der Waals surface area contributed by atoms with Crippen molar-refractivity contribution < 1.29 is 27.4 Å². The Balaban J connectivity index is 1.91. The average Bonchev–Trinajstić information content (AvgIpc) is 2.68. The van der Waals surface area contributed by atoms with Crippen LogP contribution in [0.25, 0.3) is 0 Å². The first-order valence-corrected chi connectivity index (χ1v) is 9.85. The number of carbonyl (C=O) groups is 1. The van der Waals surface area contributed by atoms with Crippen LogP contribution in [0.4, 0.5) is 29.6 Å². The topological polar surface area (TPSA) is 76.6 Å². The molecule has 1 aliphatic heterocycles. The van der Waals surface area contributed by atoms with Gasteiger partial charge in [-0.15, -0.1) is 0 Å². The summed E-state index contributed by atoms with van der Waals surface area (Å²) in [6, 6.07) is 4.53. The largest absolute Gasteiger partial charge is 0.444 e. The standard InChI is InChI=1S/C20H22ClF3N4O3/c1-19(2,3)31-18(29)28-7-8-30-11-15(28)13-5-4-6-14(21)16(13)27-17-25-9-12(10-26-17)20(22,23)24/h4-6,9-10,15H,7-8,11H2,1-3H3,(H,25,26,27)/t15-/m0/s1. The molecule has 0 aliphatic carbocycles. The van der Waals surface area contributed by atoms with Crippen LogP contribution in [0.1, 0.15) is 37.9 Å². The molecule has 0 radical (unpaired) electrons. The second-order valence-electron chi connectivity index (χ2n) is 7.89. The van der Waals surface area contributed by atoms with Gasteiger partial charge < -0.3 is 14.8 Å². The van der Waals surface area contributed by atoms with E-state index in [1.165, 1.54) is 0 Å². The number of alkyl halides is 3. The number of para-hydroxylation sites is 1. The number of carbonyl (C=O) groups excluding carboxylic acids is 1. The smallest absolute Gasteiger partial charge is 0.419 e. The first kappa shape index (κ1) is 23.1. The van der Waals surface area contributed by atoms with E-state index in [0.717, 1.165) is 0 Å². The molecule has 31 heavy (non-hydrogen) atoms. The van der Waals surface area contributed by atoms with Gasteiger partial charge in [-0.1, -0.05) is 23.7 Å². The number of hydrogen-bond donors (Lipinski definition) is 1. The van der Waals surface area contributed by atoms with Gasteiger partial charge in [0.2, 0.25) is 5.95 Å². The number of benzene rings is 1. The van der Waals surface area contributed by atoms with Crippen molar-refractivity contribution in [2.45, 2.75) is 38.6 Å².